The average molecular weight is 558 g/mol. The topological polar surface area (TPSA) is 109 Å². The first-order valence-corrected chi connectivity index (χ1v) is 11.4. The first kappa shape index (κ1) is 32.8. The number of H-pyrrole nitrogens is 1. The number of nitrogens with one attached hydrogen (secondary N) is 3. The fourth-order valence-corrected chi connectivity index (χ4v) is 2.76. The Kier molecular flexibility index (Phi) is 11.7. The van der Waals surface area contributed by atoms with Crippen molar-refractivity contribution in [2.75, 3.05) is 20.2 Å². The van der Waals surface area contributed by atoms with E-state index in [1.807, 2.05) is 39.0 Å². The van der Waals surface area contributed by atoms with Crippen LogP contribution in [0.25, 0.3) is 11.0 Å². The summed E-state index contributed by atoms with van der Waals surface area (Å²) in [6.45, 7) is 5.96. The number of imidazole rings is 1. The molecule has 216 valence electrons. The summed E-state index contributed by atoms with van der Waals surface area (Å²) >= 11 is 0. The van der Waals surface area contributed by atoms with Crippen LogP contribution in [0.1, 0.15) is 46.0 Å². The molecule has 1 aliphatic rings. The highest BCUT2D eigenvalue weighted by Gasteiger charge is 2.47. The van der Waals surface area contributed by atoms with Gasteiger partial charge in [0.2, 0.25) is 0 Å². The van der Waals surface area contributed by atoms with Crippen LogP contribution in [0.3, 0.4) is 0 Å². The molecule has 2 heterocycles. The van der Waals surface area contributed by atoms with Crippen molar-refractivity contribution in [2.24, 2.45) is 0 Å². The fourth-order valence-electron chi connectivity index (χ4n) is 2.76. The van der Waals surface area contributed by atoms with Crippen LogP contribution in [0, 0.1) is 0 Å². The number of ether oxygens (including phenoxy) is 2. The number of aromatic amines is 1. The third-order valence-corrected chi connectivity index (χ3v) is 4.91. The highest BCUT2D eigenvalue weighted by Crippen LogP contribution is 2.31. The lowest BCUT2D eigenvalue weighted by atomic mass is 10.1. The Morgan fingerprint density at radius 3 is 2.21 bits per heavy atom. The Hall–Kier alpha value is -3.23. The molecular formula is C23H33F6N5O4. The number of halogens is 6. The van der Waals surface area contributed by atoms with E-state index in [1.54, 1.807) is 4.90 Å². The molecule has 3 amide bonds. The number of methoxy groups -OCH3 is 1. The van der Waals surface area contributed by atoms with Crippen LogP contribution < -0.4 is 10.6 Å². The molecule has 0 bridgehead atoms. The van der Waals surface area contributed by atoms with Crippen molar-refractivity contribution < 1.29 is 45.4 Å². The maximum Gasteiger partial charge on any atom is 0.416 e. The largest absolute Gasteiger partial charge is 0.444 e. The number of benzene rings is 1. The van der Waals surface area contributed by atoms with Crippen molar-refractivity contribution in [3.63, 3.8) is 0 Å². The smallest absolute Gasteiger partial charge is 0.416 e. The van der Waals surface area contributed by atoms with Crippen molar-refractivity contribution in [1.29, 1.82) is 0 Å². The van der Waals surface area contributed by atoms with Crippen LogP contribution in [0.15, 0.2) is 18.2 Å². The van der Waals surface area contributed by atoms with Crippen molar-refractivity contribution in [3.8, 4) is 0 Å². The number of aromatic nitrogens is 2. The number of hydrogen-bond donors (Lipinski definition) is 3. The second-order valence-electron chi connectivity index (χ2n) is 9.50. The minimum atomic E-state index is -4.28. The molecule has 1 aromatic carbocycles. The summed E-state index contributed by atoms with van der Waals surface area (Å²) in [7, 11) is 1.04. The summed E-state index contributed by atoms with van der Waals surface area (Å²) < 4.78 is 73.5. The summed E-state index contributed by atoms with van der Waals surface area (Å²) in [4.78, 5) is 32.8. The van der Waals surface area contributed by atoms with E-state index in [0.717, 1.165) is 37.6 Å². The van der Waals surface area contributed by atoms with Gasteiger partial charge in [-0.05, 0) is 52.3 Å². The number of fused-ring (bicyclic) bond motifs is 1. The minimum absolute atomic E-state index is 0.0352. The normalized spacial score (nSPS) is 13.9. The quantitative estimate of drug-likeness (QED) is 0.435. The molecule has 0 aliphatic carbocycles. The van der Waals surface area contributed by atoms with Crippen molar-refractivity contribution in [2.45, 2.75) is 71.8 Å². The van der Waals surface area contributed by atoms with Crippen molar-refractivity contribution >= 4 is 23.2 Å². The number of amides is 3. The maximum absolute atomic E-state index is 11.7. The van der Waals surface area contributed by atoms with Gasteiger partial charge in [0.15, 0.2) is 5.60 Å². The van der Waals surface area contributed by atoms with Crippen LogP contribution in [-0.4, -0.2) is 71.2 Å². The Balaban J connectivity index is 0.000000464. The molecule has 1 aliphatic heterocycles. The molecule has 15 heteroatoms. The van der Waals surface area contributed by atoms with E-state index in [9.17, 15) is 35.9 Å². The lowest BCUT2D eigenvalue weighted by molar-refractivity contribution is -0.255. The Bertz CT molecular complexity index is 1050. The molecule has 2 aromatic rings. The van der Waals surface area contributed by atoms with E-state index in [4.69, 9.17) is 4.74 Å². The van der Waals surface area contributed by atoms with E-state index < -0.39 is 30.2 Å². The highest BCUT2D eigenvalue weighted by molar-refractivity contribution is 5.78. The van der Waals surface area contributed by atoms with Crippen LogP contribution in [-0.2, 0) is 22.6 Å². The van der Waals surface area contributed by atoms with Gasteiger partial charge >= 0.3 is 25.0 Å². The van der Waals surface area contributed by atoms with E-state index in [0.29, 0.717) is 25.5 Å². The molecular weight excluding hydrogens is 524 g/mol. The summed E-state index contributed by atoms with van der Waals surface area (Å²) in [6, 6.07) is 5.81. The highest BCUT2D eigenvalue weighted by atomic mass is 19.4. The lowest BCUT2D eigenvalue weighted by Gasteiger charge is -2.25. The van der Waals surface area contributed by atoms with Gasteiger partial charge in [-0.2, -0.15) is 26.3 Å². The zero-order valence-corrected chi connectivity index (χ0v) is 21.9. The second-order valence-corrected chi connectivity index (χ2v) is 9.50. The SMILES string of the molecule is CC(C)(C)OC(=O)NCc1nc2ccc(CN3CCNC3=O)cc2[nH]1.COC(C)(C)C(F)(F)F.FC(F)F. The van der Waals surface area contributed by atoms with Gasteiger partial charge < -0.3 is 30.0 Å². The van der Waals surface area contributed by atoms with E-state index in [2.05, 4.69) is 25.3 Å². The number of urea groups is 1. The molecule has 1 fully saturated rings. The van der Waals surface area contributed by atoms with Gasteiger partial charge in [-0.25, -0.2) is 14.6 Å². The minimum Gasteiger partial charge on any atom is -0.444 e. The summed E-state index contributed by atoms with van der Waals surface area (Å²) in [5, 5.41) is 5.47. The van der Waals surface area contributed by atoms with Gasteiger partial charge in [0.05, 0.1) is 17.6 Å². The van der Waals surface area contributed by atoms with Gasteiger partial charge in [-0.3, -0.25) is 0 Å². The number of carbonyl (C=O) groups is 2. The van der Waals surface area contributed by atoms with E-state index in [1.165, 1.54) is 0 Å². The zero-order valence-electron chi connectivity index (χ0n) is 21.9. The van der Waals surface area contributed by atoms with Crippen molar-refractivity contribution in [1.82, 2.24) is 25.5 Å². The van der Waals surface area contributed by atoms with Gasteiger partial charge in [-0.15, -0.1) is 0 Å². The van der Waals surface area contributed by atoms with Gasteiger partial charge in [0.25, 0.3) is 0 Å². The predicted molar refractivity (Wildman–Crippen MR) is 127 cm³/mol. The second kappa shape index (κ2) is 13.5. The van der Waals surface area contributed by atoms with Crippen LogP contribution in [0.4, 0.5) is 35.9 Å². The summed E-state index contributed by atoms with van der Waals surface area (Å²) in [5.74, 6) is 0.650. The lowest BCUT2D eigenvalue weighted by Crippen LogP contribution is -2.40. The van der Waals surface area contributed by atoms with Gasteiger partial charge in [0, 0.05) is 26.7 Å². The number of hydrogen-bond acceptors (Lipinski definition) is 5. The van der Waals surface area contributed by atoms with Gasteiger partial charge in [0.1, 0.15) is 11.4 Å². The number of alkyl halides is 6. The number of carbonyl (C=O) groups excluding carboxylic acids is 2. The van der Waals surface area contributed by atoms with Crippen molar-refractivity contribution in [3.05, 3.63) is 29.6 Å². The molecule has 0 unspecified atom stereocenters. The molecule has 3 rings (SSSR count). The molecule has 0 spiro atoms. The van der Waals surface area contributed by atoms with Crippen LogP contribution in [0.2, 0.25) is 0 Å². The zero-order chi connectivity index (χ0) is 29.3. The van der Waals surface area contributed by atoms with Crippen LogP contribution >= 0.6 is 0 Å². The Morgan fingerprint density at radius 2 is 1.76 bits per heavy atom. The first-order valence-electron chi connectivity index (χ1n) is 11.4. The molecule has 0 atom stereocenters. The standard InChI is InChI=1S/C17H23N5O3.C5H9F3O.CHF3/c1-17(2,3)25-16(24)19-9-14-20-12-5-4-11(8-13(12)21-14)10-22-7-6-18-15(22)23;1-4(2,9-3)5(6,7)8;2-1(3)4/h4-5,8H,6-7,9-10H2,1-3H3,(H,18,23)(H,19,24)(H,20,21);1-3H3;1H. The number of nitrogens with zero attached hydrogens (tertiary/aromatic N) is 2. The molecule has 0 radical (unpaired) electrons. The Labute approximate surface area is 216 Å². The average Bonchev–Trinajstić information content (AvgIpc) is 3.35. The van der Waals surface area contributed by atoms with Gasteiger partial charge in [-0.1, -0.05) is 6.07 Å². The molecule has 1 aromatic heterocycles. The predicted octanol–water partition coefficient (Wildman–Crippen LogP) is 5.27. The molecule has 3 N–H and O–H groups in total. The van der Waals surface area contributed by atoms with E-state index in [-0.39, 0.29) is 12.6 Å². The fraction of sp³-hybridized carbons (Fsp3) is 0.609. The monoisotopic (exact) mass is 557 g/mol. The Morgan fingerprint density at radius 1 is 1.16 bits per heavy atom. The number of rotatable bonds is 5. The molecule has 38 heavy (non-hydrogen) atoms. The van der Waals surface area contributed by atoms with E-state index >= 15 is 0 Å². The summed E-state index contributed by atoms with van der Waals surface area (Å²) in [6.07, 6.45) is -4.75. The summed E-state index contributed by atoms with van der Waals surface area (Å²) in [5.41, 5.74) is 0.162. The third kappa shape index (κ3) is 11.4. The third-order valence-electron chi connectivity index (χ3n) is 4.91. The number of alkyl carbamates (subject to hydrolysis) is 1. The molecule has 0 saturated carbocycles. The first-order chi connectivity index (χ1) is 17.3. The van der Waals surface area contributed by atoms with Crippen LogP contribution in [0.5, 0.6) is 0 Å². The maximum atomic E-state index is 11.7. The molecule has 1 saturated heterocycles. The molecule has 9 nitrogen and oxygen atoms in total.